The third kappa shape index (κ3) is 1.20. The van der Waals surface area contributed by atoms with Gasteiger partial charge in [0.15, 0.2) is 0 Å². The zero-order valence-electron chi connectivity index (χ0n) is 7.39. The van der Waals surface area contributed by atoms with Gasteiger partial charge in [-0.3, -0.25) is 0 Å². The molecule has 0 spiro atoms. The minimum absolute atomic E-state index is 0.495. The van der Waals surface area contributed by atoms with Crippen LogP contribution < -0.4 is 21.5 Å². The Balaban J connectivity index is 2.59. The van der Waals surface area contributed by atoms with Gasteiger partial charge in [-0.1, -0.05) is 0 Å². The normalized spacial score (nSPS) is 24.2. The molecule has 1 rings (SSSR count). The number of halogens is 1. The molecule has 1 nitrogen and oxygen atoms in total. The predicted molar refractivity (Wildman–Crippen MR) is 40.3 cm³/mol. The van der Waals surface area contributed by atoms with Crippen LogP contribution in [0.25, 0.3) is 0 Å². The summed E-state index contributed by atoms with van der Waals surface area (Å²) in [7, 11) is 0. The second-order valence-electron chi connectivity index (χ2n) is 3.55. The van der Waals surface area contributed by atoms with Crippen molar-refractivity contribution in [3.8, 4) is 0 Å². The second-order valence-corrected chi connectivity index (χ2v) is 7.11. The molecule has 1 aliphatic rings. The molecule has 0 aromatic carbocycles. The number of quaternary nitrogens is 1. The van der Waals surface area contributed by atoms with E-state index in [1.165, 1.54) is 9.24 Å². The summed E-state index contributed by atoms with van der Waals surface area (Å²) in [4.78, 5) is 0. The summed E-state index contributed by atoms with van der Waals surface area (Å²) in [6.45, 7) is 11.0. The van der Waals surface area contributed by atoms with E-state index in [0.29, 0.717) is 21.5 Å². The molecule has 0 aliphatic carbocycles. The van der Waals surface area contributed by atoms with Crippen molar-refractivity contribution in [2.45, 2.75) is 39.8 Å². The van der Waals surface area contributed by atoms with Gasteiger partial charge < -0.3 is 0 Å². The van der Waals surface area contributed by atoms with E-state index < -0.39 is 0 Å². The van der Waals surface area contributed by atoms with Gasteiger partial charge in [-0.15, -0.1) is 0 Å². The molecule has 10 heavy (non-hydrogen) atoms. The third-order valence-electron chi connectivity index (χ3n) is 2.45. The Morgan fingerprint density at radius 3 is 1.50 bits per heavy atom. The molecule has 0 radical (unpaired) electrons. The van der Waals surface area contributed by atoms with E-state index in [1.54, 1.807) is 4.43 Å². The molecule has 0 aromatic heterocycles. The fraction of sp³-hybridized carbons (Fsp3) is 1.00. The van der Waals surface area contributed by atoms with Gasteiger partial charge in [0.25, 0.3) is 0 Å². The Kier molecular flexibility index (Phi) is 2.61. The Morgan fingerprint density at radius 1 is 1.10 bits per heavy atom. The van der Waals surface area contributed by atoms with Crippen molar-refractivity contribution >= 4 is 0 Å². The first kappa shape index (κ1) is 8.78. The summed E-state index contributed by atoms with van der Waals surface area (Å²) in [5.74, 6) is 0. The minimum atomic E-state index is 0.495. The molecule has 0 amide bonds. The van der Waals surface area contributed by atoms with Crippen molar-refractivity contribution in [1.29, 1.82) is 0 Å². The van der Waals surface area contributed by atoms with Crippen LogP contribution >= 0.6 is 0 Å². The van der Waals surface area contributed by atoms with Crippen LogP contribution in [0.5, 0.6) is 0 Å². The van der Waals surface area contributed by atoms with Crippen LogP contribution in [0.2, 0.25) is 0 Å². The zero-order valence-corrected chi connectivity index (χ0v) is 9.55. The Hall–Kier alpha value is 0.690. The number of nitrogens with zero attached hydrogens (tertiary/aromatic N) is 1. The predicted octanol–water partition coefficient (Wildman–Crippen LogP) is -1.36. The van der Waals surface area contributed by atoms with Crippen molar-refractivity contribution in [3.05, 3.63) is 0 Å². The summed E-state index contributed by atoms with van der Waals surface area (Å²) in [5, 5.41) is 0. The van der Waals surface area contributed by atoms with Gasteiger partial charge in [0.05, 0.1) is 0 Å². The molecule has 0 aromatic rings. The molecule has 0 N–H and O–H groups in total. The fourth-order valence-corrected chi connectivity index (χ4v) is 4.84. The number of hydrogen-bond donors (Lipinski definition) is 0. The summed E-state index contributed by atoms with van der Waals surface area (Å²) in [6, 6.07) is 1.75. The zero-order chi connectivity index (χ0) is 7.78. The van der Waals surface area contributed by atoms with Crippen LogP contribution in [0.1, 0.15) is 27.7 Å². The molecule has 0 unspecified atom stereocenters. The molecule has 2 heteroatoms. The van der Waals surface area contributed by atoms with Crippen LogP contribution in [-0.2, 0) is 0 Å². The molecule has 1 saturated heterocycles. The number of alkyl halides is 1. The van der Waals surface area contributed by atoms with Crippen molar-refractivity contribution in [2.24, 2.45) is 0 Å². The quantitative estimate of drug-likeness (QED) is 0.325. The molecule has 0 atom stereocenters. The monoisotopic (exact) mass is 255 g/mol. The van der Waals surface area contributed by atoms with E-state index in [0.717, 1.165) is 12.1 Å². The van der Waals surface area contributed by atoms with Crippen LogP contribution in [0.15, 0.2) is 0 Å². The van der Waals surface area contributed by atoms with Gasteiger partial charge in [0, 0.05) is 0 Å². The van der Waals surface area contributed by atoms with Crippen LogP contribution in [-0.4, -0.2) is 25.8 Å². The van der Waals surface area contributed by atoms with Crippen LogP contribution in [0.3, 0.4) is 0 Å². The first-order valence-electron chi connectivity index (χ1n) is 4.08. The van der Waals surface area contributed by atoms with E-state index in [9.17, 15) is 0 Å². The molecule has 0 saturated carbocycles. The topological polar surface area (TPSA) is 0 Å². The second kappa shape index (κ2) is 2.97. The maximum absolute atomic E-state index is 2.37. The van der Waals surface area contributed by atoms with Gasteiger partial charge in [-0.25, -0.2) is 0 Å². The molecular weight excluding hydrogens is 237 g/mol. The van der Waals surface area contributed by atoms with Crippen LogP contribution in [0.4, 0.5) is 0 Å². The molecule has 62 valence electrons. The SMILES string of the molecule is CC(C)[N+]1(C(C)C)CC[I-]1. The van der Waals surface area contributed by atoms with E-state index >= 15 is 0 Å². The summed E-state index contributed by atoms with van der Waals surface area (Å²) >= 11 is 0.495. The molecule has 1 aliphatic heterocycles. The Labute approximate surface area is 75.0 Å². The van der Waals surface area contributed by atoms with Crippen LogP contribution in [0, 0.1) is 0 Å². The van der Waals surface area contributed by atoms with Gasteiger partial charge in [-0.2, -0.15) is 0 Å². The number of rotatable bonds is 2. The Bertz CT molecular complexity index is 106. The van der Waals surface area contributed by atoms with Gasteiger partial charge in [-0.05, 0) is 0 Å². The van der Waals surface area contributed by atoms with E-state index in [2.05, 4.69) is 27.7 Å². The van der Waals surface area contributed by atoms with Crippen molar-refractivity contribution < 1.29 is 24.2 Å². The molecule has 0 bridgehead atoms. The van der Waals surface area contributed by atoms with Crippen molar-refractivity contribution in [1.82, 2.24) is 0 Å². The van der Waals surface area contributed by atoms with E-state index in [1.807, 2.05) is 0 Å². The molecule has 1 heterocycles. The Morgan fingerprint density at radius 2 is 1.50 bits per heavy atom. The molecule has 1 fully saturated rings. The van der Waals surface area contributed by atoms with E-state index in [4.69, 9.17) is 0 Å². The van der Waals surface area contributed by atoms with Gasteiger partial charge >= 0.3 is 74.9 Å². The summed E-state index contributed by atoms with van der Waals surface area (Å²) in [6.07, 6.45) is 0. The number of hydrogen-bond acceptors (Lipinski definition) is 0. The average Bonchev–Trinajstić information content (AvgIpc) is 1.57. The van der Waals surface area contributed by atoms with Gasteiger partial charge in [0.1, 0.15) is 0 Å². The van der Waals surface area contributed by atoms with E-state index in [-0.39, 0.29) is 0 Å². The van der Waals surface area contributed by atoms with Gasteiger partial charge in [0.2, 0.25) is 0 Å². The standard InChI is InChI=1S/C8H18IN/c1-7(2)10(8(3)4)6-5-9-10/h7-8H,5-6H2,1-4H3. The first-order valence-corrected chi connectivity index (χ1v) is 6.57. The van der Waals surface area contributed by atoms with Crippen molar-refractivity contribution in [2.75, 3.05) is 11.0 Å². The summed E-state index contributed by atoms with van der Waals surface area (Å²) < 4.78 is 3.02. The van der Waals surface area contributed by atoms with Crippen molar-refractivity contribution in [3.63, 3.8) is 0 Å². The first-order chi connectivity index (χ1) is 4.59. The maximum atomic E-state index is 2.37. The molecular formula is C8H18IN. The summed E-state index contributed by atoms with van der Waals surface area (Å²) in [5.41, 5.74) is 0. The average molecular weight is 255 g/mol. The fourth-order valence-electron chi connectivity index (χ4n) is 1.67. The third-order valence-corrected chi connectivity index (χ3v) is 7.40.